The second kappa shape index (κ2) is 6.69. The zero-order chi connectivity index (χ0) is 22.4. The Morgan fingerprint density at radius 1 is 1.03 bits per heavy atom. The molecule has 5 saturated carbocycles. The molecule has 6 fully saturated rings. The third-order valence-corrected chi connectivity index (χ3v) is 9.93. The highest BCUT2D eigenvalue weighted by molar-refractivity contribution is 5.64. The summed E-state index contributed by atoms with van der Waals surface area (Å²) in [6, 6.07) is 5.40. The van der Waals surface area contributed by atoms with Crippen LogP contribution in [0.5, 0.6) is 5.75 Å². The van der Waals surface area contributed by atoms with Crippen molar-refractivity contribution < 1.29 is 28.7 Å². The van der Waals surface area contributed by atoms with Gasteiger partial charge in [-0.2, -0.15) is 0 Å². The van der Waals surface area contributed by atoms with Gasteiger partial charge in [0.1, 0.15) is 11.9 Å². The number of carbonyl (C=O) groups excluding carboxylic acids is 1. The van der Waals surface area contributed by atoms with Crippen molar-refractivity contribution in [3.63, 3.8) is 0 Å². The molecule has 8 heteroatoms. The fourth-order valence-corrected chi connectivity index (χ4v) is 8.65. The second-order valence-corrected chi connectivity index (χ2v) is 11.4. The van der Waals surface area contributed by atoms with Gasteiger partial charge in [0.05, 0.1) is 17.1 Å². The molecule has 1 aliphatic heterocycles. The van der Waals surface area contributed by atoms with Crippen LogP contribution in [0.25, 0.3) is 0 Å². The normalized spacial score (nSPS) is 46.4. The van der Waals surface area contributed by atoms with Crippen molar-refractivity contribution >= 4 is 11.8 Å². The van der Waals surface area contributed by atoms with Crippen molar-refractivity contribution in [2.24, 2.45) is 29.1 Å². The molecule has 1 aromatic carbocycles. The minimum Gasteiger partial charge on any atom is -0.431 e. The summed E-state index contributed by atoms with van der Waals surface area (Å²) in [6.07, 6.45) is 8.65. The molecule has 6 aliphatic rings. The lowest BCUT2D eigenvalue weighted by atomic mass is 9.56. The smallest absolute Gasteiger partial charge is 0.431 e. The Hall–Kier alpha value is -2.19. The molecule has 176 valence electrons. The zero-order valence-corrected chi connectivity index (χ0v) is 18.6. The van der Waals surface area contributed by atoms with E-state index in [4.69, 9.17) is 18.9 Å². The van der Waals surface area contributed by atoms with Gasteiger partial charge in [-0.25, -0.2) is 4.79 Å². The fraction of sp³-hybridized carbons (Fsp3) is 0.720. The van der Waals surface area contributed by atoms with E-state index in [1.165, 1.54) is 56.4 Å². The van der Waals surface area contributed by atoms with Gasteiger partial charge in [-0.3, -0.25) is 10.1 Å². The lowest BCUT2D eigenvalue weighted by Crippen LogP contribution is -2.50. The van der Waals surface area contributed by atoms with E-state index in [0.717, 1.165) is 31.1 Å². The summed E-state index contributed by atoms with van der Waals surface area (Å²) in [6.45, 7) is 0.583. The molecule has 8 nitrogen and oxygen atoms in total. The molecule has 1 saturated heterocycles. The SMILES string of the molecule is O=C(Oc1ccc([N+](=O)[O-])cc1)OC1CCCC2(COC3(O2)C2CC4CC5CC3CC45C2)C1. The van der Waals surface area contributed by atoms with Crippen molar-refractivity contribution in [3.8, 4) is 5.75 Å². The highest BCUT2D eigenvalue weighted by Gasteiger charge is 2.76. The van der Waals surface area contributed by atoms with E-state index in [1.807, 2.05) is 0 Å². The molecule has 3 spiro atoms. The number of carbonyl (C=O) groups is 1. The van der Waals surface area contributed by atoms with Crippen LogP contribution in [0.15, 0.2) is 24.3 Å². The van der Waals surface area contributed by atoms with E-state index in [9.17, 15) is 14.9 Å². The Morgan fingerprint density at radius 3 is 2.42 bits per heavy atom. The molecule has 0 N–H and O–H groups in total. The fourth-order valence-electron chi connectivity index (χ4n) is 8.65. The van der Waals surface area contributed by atoms with Gasteiger partial charge in [-0.15, -0.1) is 0 Å². The van der Waals surface area contributed by atoms with Crippen LogP contribution in [0.1, 0.15) is 57.8 Å². The van der Waals surface area contributed by atoms with E-state index in [0.29, 0.717) is 30.3 Å². The first-order chi connectivity index (χ1) is 15.9. The summed E-state index contributed by atoms with van der Waals surface area (Å²) in [5.41, 5.74) is 0.175. The van der Waals surface area contributed by atoms with Gasteiger partial charge in [0.25, 0.3) is 5.69 Å². The molecule has 0 aromatic heterocycles. The number of non-ortho nitro benzene ring substituents is 1. The lowest BCUT2D eigenvalue weighted by molar-refractivity contribution is -0.384. The Labute approximate surface area is 192 Å². The molecule has 3 bridgehead atoms. The molecule has 1 aromatic rings. The number of ether oxygens (including phenoxy) is 4. The van der Waals surface area contributed by atoms with Gasteiger partial charge in [0, 0.05) is 30.4 Å². The van der Waals surface area contributed by atoms with E-state index in [1.54, 1.807) is 0 Å². The standard InChI is InChI=1S/C25H29NO7/c27-22(31-20-5-3-19(4-6-20)26(28)29)32-21-2-1-7-23(13-21)14-30-25(33-23)17-9-15-8-16-10-18(25)12-24(15,16)11-17/h3-6,15-18,21H,1-2,7-14H2. The van der Waals surface area contributed by atoms with Crippen LogP contribution in [0, 0.1) is 39.2 Å². The molecule has 5 aliphatic carbocycles. The van der Waals surface area contributed by atoms with Gasteiger partial charge in [0.15, 0.2) is 5.79 Å². The predicted octanol–water partition coefficient (Wildman–Crippen LogP) is 4.99. The van der Waals surface area contributed by atoms with Gasteiger partial charge >= 0.3 is 6.16 Å². The third-order valence-electron chi connectivity index (χ3n) is 9.93. The first kappa shape index (κ1) is 20.2. The highest BCUT2D eigenvalue weighted by atomic mass is 16.8. The van der Waals surface area contributed by atoms with Crippen molar-refractivity contribution in [1.82, 2.24) is 0 Å². The van der Waals surface area contributed by atoms with Gasteiger partial charge < -0.3 is 18.9 Å². The molecule has 6 unspecified atom stereocenters. The summed E-state index contributed by atoms with van der Waals surface area (Å²) in [5.74, 6) is 2.61. The van der Waals surface area contributed by atoms with Crippen molar-refractivity contribution in [2.75, 3.05) is 6.61 Å². The molecular formula is C25H29NO7. The molecule has 33 heavy (non-hydrogen) atoms. The molecule has 0 amide bonds. The maximum absolute atomic E-state index is 12.4. The average Bonchev–Trinajstić information content (AvgIpc) is 3.36. The van der Waals surface area contributed by atoms with Crippen molar-refractivity contribution in [2.45, 2.75) is 75.3 Å². The second-order valence-electron chi connectivity index (χ2n) is 11.4. The third kappa shape index (κ3) is 2.80. The maximum atomic E-state index is 12.4. The average molecular weight is 456 g/mol. The molecule has 7 rings (SSSR count). The van der Waals surface area contributed by atoms with Crippen molar-refractivity contribution in [3.05, 3.63) is 34.4 Å². The Bertz CT molecular complexity index is 985. The Kier molecular flexibility index (Phi) is 4.10. The maximum Gasteiger partial charge on any atom is 0.514 e. The van der Waals surface area contributed by atoms with E-state index < -0.39 is 16.9 Å². The Morgan fingerprint density at radius 2 is 1.73 bits per heavy atom. The summed E-state index contributed by atoms with van der Waals surface area (Å²) in [5, 5.41) is 10.8. The summed E-state index contributed by atoms with van der Waals surface area (Å²) >= 11 is 0. The van der Waals surface area contributed by atoms with Crippen LogP contribution in [0.4, 0.5) is 10.5 Å². The van der Waals surface area contributed by atoms with Crippen LogP contribution >= 0.6 is 0 Å². The number of nitrogens with zero attached hydrogens (tertiary/aromatic N) is 1. The number of nitro benzene ring substituents is 1. The molecule has 0 radical (unpaired) electrons. The van der Waals surface area contributed by atoms with Crippen LogP contribution in [-0.2, 0) is 14.2 Å². The number of benzene rings is 1. The van der Waals surface area contributed by atoms with Crippen LogP contribution < -0.4 is 4.74 Å². The largest absolute Gasteiger partial charge is 0.514 e. The van der Waals surface area contributed by atoms with Crippen LogP contribution in [0.2, 0.25) is 0 Å². The monoisotopic (exact) mass is 455 g/mol. The predicted molar refractivity (Wildman–Crippen MR) is 114 cm³/mol. The quantitative estimate of drug-likeness (QED) is 0.274. The minimum atomic E-state index is -0.784. The minimum absolute atomic E-state index is 0.0565. The molecular weight excluding hydrogens is 426 g/mol. The van der Waals surface area contributed by atoms with Crippen molar-refractivity contribution in [1.29, 1.82) is 0 Å². The van der Waals surface area contributed by atoms with Crippen LogP contribution in [-0.4, -0.2) is 35.2 Å². The number of fused-ring (bicyclic) bond motifs is 4. The number of nitro groups is 1. The number of hydrogen-bond donors (Lipinski definition) is 0. The zero-order valence-electron chi connectivity index (χ0n) is 18.6. The van der Waals surface area contributed by atoms with E-state index >= 15 is 0 Å². The molecule has 1 heterocycles. The number of hydrogen-bond acceptors (Lipinski definition) is 7. The van der Waals surface area contributed by atoms with Gasteiger partial charge in [0.2, 0.25) is 0 Å². The lowest BCUT2D eigenvalue weighted by Gasteiger charge is -2.50. The van der Waals surface area contributed by atoms with Gasteiger partial charge in [-0.1, -0.05) is 0 Å². The van der Waals surface area contributed by atoms with E-state index in [-0.39, 0.29) is 23.1 Å². The molecule has 6 atom stereocenters. The summed E-state index contributed by atoms with van der Waals surface area (Å²) < 4.78 is 24.5. The number of rotatable bonds is 3. The first-order valence-corrected chi connectivity index (χ1v) is 12.4. The van der Waals surface area contributed by atoms with Gasteiger partial charge in [-0.05, 0) is 80.8 Å². The Balaban J connectivity index is 1.02. The summed E-state index contributed by atoms with van der Waals surface area (Å²) in [4.78, 5) is 22.7. The van der Waals surface area contributed by atoms with Crippen LogP contribution in [0.3, 0.4) is 0 Å². The van der Waals surface area contributed by atoms with E-state index in [2.05, 4.69) is 0 Å². The topological polar surface area (TPSA) is 97.1 Å². The summed E-state index contributed by atoms with van der Waals surface area (Å²) in [7, 11) is 0. The highest BCUT2D eigenvalue weighted by Crippen LogP contribution is 2.79. The first-order valence-electron chi connectivity index (χ1n) is 12.4.